The van der Waals surface area contributed by atoms with Crippen LogP contribution in [0.5, 0.6) is 0 Å². The van der Waals surface area contributed by atoms with E-state index in [-0.39, 0.29) is 6.04 Å². The molecule has 0 heterocycles. The molecule has 0 aliphatic rings. The van der Waals surface area contributed by atoms with Gasteiger partial charge in [-0.3, -0.25) is 0 Å². The highest BCUT2D eigenvalue weighted by Gasteiger charge is 2.03. The quantitative estimate of drug-likeness (QED) is 0.602. The van der Waals surface area contributed by atoms with E-state index in [2.05, 4.69) is 12.2 Å². The molecule has 0 saturated heterocycles. The Morgan fingerprint density at radius 2 is 1.92 bits per heavy atom. The van der Waals surface area contributed by atoms with Gasteiger partial charge in [0.1, 0.15) is 0 Å². The molecule has 1 atom stereocenters. The third kappa shape index (κ3) is 9.18. The lowest BCUT2D eigenvalue weighted by atomic mass is 10.1. The van der Waals surface area contributed by atoms with Crippen molar-refractivity contribution in [1.82, 2.24) is 5.32 Å². The summed E-state index contributed by atoms with van der Waals surface area (Å²) in [5, 5.41) is 10.9. The van der Waals surface area contributed by atoms with Crippen LogP contribution in [0, 0.1) is 0 Å². The molecule has 0 saturated carbocycles. The van der Waals surface area contributed by atoms with Crippen LogP contribution < -0.4 is 5.32 Å². The summed E-state index contributed by atoms with van der Waals surface area (Å²) >= 11 is 0. The monoisotopic (exact) mass is 187 g/mol. The number of nitrogens with one attached hydrogen (secondary N) is 1. The second-order valence-corrected chi connectivity index (χ2v) is 3.55. The molecule has 0 spiro atoms. The highest BCUT2D eigenvalue weighted by molar-refractivity contribution is 5.64. The van der Waals surface area contributed by atoms with Gasteiger partial charge in [0.25, 0.3) is 0 Å². The lowest BCUT2D eigenvalue weighted by molar-refractivity contribution is 0.190. The average Bonchev–Trinajstić information content (AvgIpc) is 2.02. The Balaban J connectivity index is 3.17. The summed E-state index contributed by atoms with van der Waals surface area (Å²) in [6, 6.07) is 0.0964. The molecule has 0 radical (unpaired) electrons. The van der Waals surface area contributed by atoms with Gasteiger partial charge >= 0.3 is 6.09 Å². The minimum Gasteiger partial charge on any atom is -0.465 e. The molecule has 2 N–H and O–H groups in total. The minimum atomic E-state index is -0.916. The third-order valence-electron chi connectivity index (χ3n) is 2.11. The zero-order valence-electron chi connectivity index (χ0n) is 8.68. The summed E-state index contributed by atoms with van der Waals surface area (Å²) in [5.41, 5.74) is 0. The topological polar surface area (TPSA) is 49.3 Å². The fraction of sp³-hybridized carbons (Fsp3) is 0.900. The summed E-state index contributed by atoms with van der Waals surface area (Å²) < 4.78 is 0. The maximum Gasteiger partial charge on any atom is 0.404 e. The fourth-order valence-electron chi connectivity index (χ4n) is 1.34. The molecule has 78 valence electrons. The first-order valence-electron chi connectivity index (χ1n) is 5.16. The predicted molar refractivity (Wildman–Crippen MR) is 54.0 cm³/mol. The van der Waals surface area contributed by atoms with Gasteiger partial charge in [0, 0.05) is 6.04 Å². The molecule has 1 amide bonds. The van der Waals surface area contributed by atoms with Crippen LogP contribution >= 0.6 is 0 Å². The highest BCUT2D eigenvalue weighted by atomic mass is 16.4. The second-order valence-electron chi connectivity index (χ2n) is 3.55. The van der Waals surface area contributed by atoms with Crippen molar-refractivity contribution in [2.75, 3.05) is 0 Å². The predicted octanol–water partition coefficient (Wildman–Crippen LogP) is 3.00. The maximum atomic E-state index is 10.2. The second kappa shape index (κ2) is 7.90. The van der Waals surface area contributed by atoms with Crippen LogP contribution in [0.2, 0.25) is 0 Å². The highest BCUT2D eigenvalue weighted by Crippen LogP contribution is 2.06. The van der Waals surface area contributed by atoms with Gasteiger partial charge in [0.15, 0.2) is 0 Å². The molecule has 0 aromatic heterocycles. The van der Waals surface area contributed by atoms with Gasteiger partial charge in [0.05, 0.1) is 0 Å². The van der Waals surface area contributed by atoms with Gasteiger partial charge in [0.2, 0.25) is 0 Å². The van der Waals surface area contributed by atoms with E-state index in [1.54, 1.807) is 0 Å². The third-order valence-corrected chi connectivity index (χ3v) is 2.11. The van der Waals surface area contributed by atoms with Crippen molar-refractivity contribution in [3.63, 3.8) is 0 Å². The zero-order valence-corrected chi connectivity index (χ0v) is 8.68. The smallest absolute Gasteiger partial charge is 0.404 e. The Morgan fingerprint density at radius 1 is 1.31 bits per heavy atom. The lowest BCUT2D eigenvalue weighted by Crippen LogP contribution is -2.30. The van der Waals surface area contributed by atoms with Crippen LogP contribution in [0.15, 0.2) is 0 Å². The molecule has 3 heteroatoms. The van der Waals surface area contributed by atoms with E-state index < -0.39 is 6.09 Å². The maximum absolute atomic E-state index is 10.2. The van der Waals surface area contributed by atoms with Crippen molar-refractivity contribution in [2.24, 2.45) is 0 Å². The van der Waals surface area contributed by atoms with Crippen molar-refractivity contribution in [3.05, 3.63) is 0 Å². The Hall–Kier alpha value is -0.730. The van der Waals surface area contributed by atoms with E-state index in [4.69, 9.17) is 5.11 Å². The standard InChI is InChI=1S/C10H21NO2/c1-3-4-5-6-7-8-9(2)11-10(12)13/h9,11H,3-8H2,1-2H3,(H,12,13). The molecule has 0 aliphatic heterocycles. The van der Waals surface area contributed by atoms with E-state index in [9.17, 15) is 4.79 Å². The molecular formula is C10H21NO2. The number of hydrogen-bond donors (Lipinski definition) is 2. The fourth-order valence-corrected chi connectivity index (χ4v) is 1.34. The Morgan fingerprint density at radius 3 is 2.46 bits per heavy atom. The zero-order chi connectivity index (χ0) is 10.1. The molecule has 0 aromatic rings. The van der Waals surface area contributed by atoms with Gasteiger partial charge in [-0.25, -0.2) is 4.79 Å². The first-order valence-corrected chi connectivity index (χ1v) is 5.16. The van der Waals surface area contributed by atoms with Crippen LogP contribution in [0.25, 0.3) is 0 Å². The van der Waals surface area contributed by atoms with Gasteiger partial charge in [-0.2, -0.15) is 0 Å². The normalized spacial score (nSPS) is 12.5. The summed E-state index contributed by atoms with van der Waals surface area (Å²) in [6.45, 7) is 4.10. The SMILES string of the molecule is CCCCCCCC(C)NC(=O)O. The van der Waals surface area contributed by atoms with Gasteiger partial charge in [-0.05, 0) is 13.3 Å². The number of unbranched alkanes of at least 4 members (excludes halogenated alkanes) is 4. The van der Waals surface area contributed by atoms with Gasteiger partial charge < -0.3 is 10.4 Å². The molecule has 3 nitrogen and oxygen atoms in total. The van der Waals surface area contributed by atoms with E-state index in [0.29, 0.717) is 0 Å². The molecule has 0 fully saturated rings. The number of carboxylic acid groups (broad SMARTS) is 1. The Labute approximate surface area is 80.5 Å². The Kier molecular flexibility index (Phi) is 7.45. The summed E-state index contributed by atoms with van der Waals surface area (Å²) in [7, 11) is 0. The van der Waals surface area contributed by atoms with E-state index in [1.165, 1.54) is 25.7 Å². The summed E-state index contributed by atoms with van der Waals surface area (Å²) in [5.74, 6) is 0. The largest absolute Gasteiger partial charge is 0.465 e. The average molecular weight is 187 g/mol. The van der Waals surface area contributed by atoms with Crippen molar-refractivity contribution in [1.29, 1.82) is 0 Å². The van der Waals surface area contributed by atoms with Crippen molar-refractivity contribution >= 4 is 6.09 Å². The van der Waals surface area contributed by atoms with E-state index >= 15 is 0 Å². The number of hydrogen-bond acceptors (Lipinski definition) is 1. The molecular weight excluding hydrogens is 166 g/mol. The van der Waals surface area contributed by atoms with Crippen molar-refractivity contribution in [3.8, 4) is 0 Å². The van der Waals surface area contributed by atoms with Crippen LogP contribution in [0.4, 0.5) is 4.79 Å². The number of amides is 1. The van der Waals surface area contributed by atoms with Crippen LogP contribution in [0.3, 0.4) is 0 Å². The summed E-state index contributed by atoms with van der Waals surface area (Å²) in [4.78, 5) is 10.2. The first kappa shape index (κ1) is 12.3. The van der Waals surface area contributed by atoms with Crippen molar-refractivity contribution < 1.29 is 9.90 Å². The molecule has 0 aromatic carbocycles. The van der Waals surface area contributed by atoms with Crippen LogP contribution in [-0.4, -0.2) is 17.2 Å². The molecule has 0 bridgehead atoms. The summed E-state index contributed by atoms with van der Waals surface area (Å²) in [6.07, 6.45) is 6.21. The Bertz CT molecular complexity index is 137. The van der Waals surface area contributed by atoms with Gasteiger partial charge in [-0.15, -0.1) is 0 Å². The van der Waals surface area contributed by atoms with Gasteiger partial charge in [-0.1, -0.05) is 39.0 Å². The lowest BCUT2D eigenvalue weighted by Gasteiger charge is -2.10. The first-order chi connectivity index (χ1) is 6.16. The number of rotatable bonds is 7. The van der Waals surface area contributed by atoms with Crippen LogP contribution in [-0.2, 0) is 0 Å². The molecule has 1 unspecified atom stereocenters. The molecule has 0 aliphatic carbocycles. The minimum absolute atomic E-state index is 0.0964. The number of carbonyl (C=O) groups is 1. The molecule has 13 heavy (non-hydrogen) atoms. The van der Waals surface area contributed by atoms with Crippen LogP contribution in [0.1, 0.15) is 52.4 Å². The van der Waals surface area contributed by atoms with E-state index in [0.717, 1.165) is 12.8 Å². The van der Waals surface area contributed by atoms with E-state index in [1.807, 2.05) is 6.92 Å². The van der Waals surface area contributed by atoms with Crippen molar-refractivity contribution in [2.45, 2.75) is 58.4 Å². The molecule has 0 rings (SSSR count).